The summed E-state index contributed by atoms with van der Waals surface area (Å²) in [6, 6.07) is 0. The zero-order valence-electron chi connectivity index (χ0n) is 8.23. The molecule has 0 atom stereocenters. The molecule has 0 aliphatic heterocycles. The van der Waals surface area contributed by atoms with E-state index in [1.54, 1.807) is 0 Å². The summed E-state index contributed by atoms with van der Waals surface area (Å²) >= 11 is 0. The second kappa shape index (κ2) is 3.37. The summed E-state index contributed by atoms with van der Waals surface area (Å²) in [5.41, 5.74) is 0.754. The van der Waals surface area contributed by atoms with Crippen LogP contribution in [0.4, 0.5) is 0 Å². The fourth-order valence-corrected chi connectivity index (χ4v) is 2.83. The van der Waals surface area contributed by atoms with E-state index in [0.29, 0.717) is 0 Å². The quantitative estimate of drug-likeness (QED) is 0.678. The van der Waals surface area contributed by atoms with E-state index >= 15 is 0 Å². The van der Waals surface area contributed by atoms with Crippen molar-refractivity contribution in [3.05, 3.63) is 0 Å². The molecule has 1 nitrogen and oxygen atoms in total. The zero-order valence-corrected chi connectivity index (χ0v) is 8.23. The van der Waals surface area contributed by atoms with Crippen LogP contribution in [0.2, 0.25) is 0 Å². The van der Waals surface area contributed by atoms with Crippen molar-refractivity contribution in [3.63, 3.8) is 0 Å². The van der Waals surface area contributed by atoms with Crippen molar-refractivity contribution in [1.29, 1.82) is 0 Å². The Labute approximate surface area is 75.9 Å². The summed E-state index contributed by atoms with van der Waals surface area (Å²) in [6.45, 7) is 1.27. The monoisotopic (exact) mass is 167 g/mol. The highest BCUT2D eigenvalue weighted by Gasteiger charge is 2.43. The van der Waals surface area contributed by atoms with Crippen LogP contribution in [0, 0.1) is 11.3 Å². The van der Waals surface area contributed by atoms with Gasteiger partial charge in [-0.25, -0.2) is 0 Å². The van der Waals surface area contributed by atoms with Crippen molar-refractivity contribution in [2.45, 2.75) is 44.9 Å². The van der Waals surface area contributed by atoms with Gasteiger partial charge in [-0.2, -0.15) is 0 Å². The summed E-state index contributed by atoms with van der Waals surface area (Å²) in [5, 5.41) is 3.34. The van der Waals surface area contributed by atoms with Crippen LogP contribution in [0.5, 0.6) is 0 Å². The lowest BCUT2D eigenvalue weighted by atomic mass is 9.91. The van der Waals surface area contributed by atoms with E-state index in [1.165, 1.54) is 51.5 Å². The van der Waals surface area contributed by atoms with Gasteiger partial charge in [-0.15, -0.1) is 0 Å². The first-order valence-corrected chi connectivity index (χ1v) is 5.49. The van der Waals surface area contributed by atoms with Gasteiger partial charge in [0.05, 0.1) is 0 Å². The van der Waals surface area contributed by atoms with Gasteiger partial charge in [0.2, 0.25) is 0 Å². The van der Waals surface area contributed by atoms with E-state index in [-0.39, 0.29) is 0 Å². The molecule has 1 N–H and O–H groups in total. The Bertz CT molecular complexity index is 143. The van der Waals surface area contributed by atoms with Gasteiger partial charge in [0.25, 0.3) is 0 Å². The molecule has 2 aliphatic rings. The fraction of sp³-hybridized carbons (Fsp3) is 1.00. The van der Waals surface area contributed by atoms with E-state index in [9.17, 15) is 0 Å². The molecule has 0 bridgehead atoms. The average molecular weight is 167 g/mol. The molecule has 0 saturated heterocycles. The van der Waals surface area contributed by atoms with Gasteiger partial charge in [-0.1, -0.05) is 25.7 Å². The lowest BCUT2D eigenvalue weighted by Gasteiger charge is -2.18. The minimum atomic E-state index is 0.754. The summed E-state index contributed by atoms with van der Waals surface area (Å²) < 4.78 is 0. The van der Waals surface area contributed by atoms with Crippen LogP contribution in [0.1, 0.15) is 44.9 Å². The number of rotatable bonds is 4. The van der Waals surface area contributed by atoms with Gasteiger partial charge in [-0.05, 0) is 37.6 Å². The topological polar surface area (TPSA) is 12.0 Å². The van der Waals surface area contributed by atoms with E-state index < -0.39 is 0 Å². The molecule has 0 unspecified atom stereocenters. The van der Waals surface area contributed by atoms with E-state index in [0.717, 1.165) is 11.3 Å². The van der Waals surface area contributed by atoms with Gasteiger partial charge >= 0.3 is 0 Å². The first-order chi connectivity index (χ1) is 5.85. The first-order valence-electron chi connectivity index (χ1n) is 5.49. The Balaban J connectivity index is 1.77. The molecule has 0 aromatic rings. The molecule has 2 saturated carbocycles. The lowest BCUT2D eigenvalue weighted by molar-refractivity contribution is 0.347. The molecule has 0 radical (unpaired) electrons. The second-order valence-corrected chi connectivity index (χ2v) is 4.88. The minimum Gasteiger partial charge on any atom is -0.319 e. The van der Waals surface area contributed by atoms with E-state index in [2.05, 4.69) is 12.4 Å². The Morgan fingerprint density at radius 2 is 1.92 bits per heavy atom. The van der Waals surface area contributed by atoms with Crippen LogP contribution in [0.3, 0.4) is 0 Å². The van der Waals surface area contributed by atoms with Gasteiger partial charge in [-0.3, -0.25) is 0 Å². The molecular formula is C11H21N. The molecule has 0 aromatic heterocycles. The number of hydrogen-bond acceptors (Lipinski definition) is 1. The Kier molecular flexibility index (Phi) is 2.40. The van der Waals surface area contributed by atoms with Gasteiger partial charge in [0.1, 0.15) is 0 Å². The largest absolute Gasteiger partial charge is 0.319 e. The van der Waals surface area contributed by atoms with Crippen LogP contribution >= 0.6 is 0 Å². The summed E-state index contributed by atoms with van der Waals surface area (Å²) in [7, 11) is 2.09. The van der Waals surface area contributed by atoms with Crippen molar-refractivity contribution in [1.82, 2.24) is 5.32 Å². The SMILES string of the molecule is CNCC1(CC2CCCC2)CC1. The zero-order chi connectivity index (χ0) is 8.44. The molecule has 0 aromatic carbocycles. The Morgan fingerprint density at radius 3 is 2.42 bits per heavy atom. The van der Waals surface area contributed by atoms with Gasteiger partial charge in [0.15, 0.2) is 0 Å². The van der Waals surface area contributed by atoms with Crippen LogP contribution in [0.25, 0.3) is 0 Å². The molecule has 12 heavy (non-hydrogen) atoms. The fourth-order valence-electron chi connectivity index (χ4n) is 2.83. The molecule has 0 amide bonds. The summed E-state index contributed by atoms with van der Waals surface area (Å²) in [6.07, 6.45) is 10.5. The van der Waals surface area contributed by atoms with E-state index in [1.807, 2.05) is 0 Å². The molecular weight excluding hydrogens is 146 g/mol. The van der Waals surface area contributed by atoms with Crippen molar-refractivity contribution < 1.29 is 0 Å². The van der Waals surface area contributed by atoms with Gasteiger partial charge < -0.3 is 5.32 Å². The maximum absolute atomic E-state index is 3.34. The third kappa shape index (κ3) is 1.82. The number of nitrogens with one attached hydrogen (secondary N) is 1. The highest BCUT2D eigenvalue weighted by molar-refractivity contribution is 4.96. The molecule has 70 valence electrons. The second-order valence-electron chi connectivity index (χ2n) is 4.88. The standard InChI is InChI=1S/C11H21N/c1-12-9-11(6-7-11)8-10-4-2-3-5-10/h10,12H,2-9H2,1H3. The maximum Gasteiger partial charge on any atom is 0.000491 e. The molecule has 0 heterocycles. The highest BCUT2D eigenvalue weighted by Crippen LogP contribution is 2.52. The van der Waals surface area contributed by atoms with Crippen LogP contribution in [0.15, 0.2) is 0 Å². The smallest absolute Gasteiger partial charge is 0.000491 e. The third-order valence-corrected chi connectivity index (χ3v) is 3.71. The molecule has 2 aliphatic carbocycles. The number of hydrogen-bond donors (Lipinski definition) is 1. The van der Waals surface area contributed by atoms with Crippen LogP contribution in [-0.2, 0) is 0 Å². The first kappa shape index (κ1) is 8.55. The molecule has 0 spiro atoms. The van der Waals surface area contributed by atoms with Crippen molar-refractivity contribution in [3.8, 4) is 0 Å². The molecule has 1 heteroatoms. The Morgan fingerprint density at radius 1 is 1.25 bits per heavy atom. The van der Waals surface area contributed by atoms with Gasteiger partial charge in [0, 0.05) is 6.54 Å². The highest BCUT2D eigenvalue weighted by atomic mass is 14.8. The normalized spacial score (nSPS) is 27.8. The maximum atomic E-state index is 3.34. The van der Waals surface area contributed by atoms with Crippen molar-refractivity contribution in [2.75, 3.05) is 13.6 Å². The molecule has 2 fully saturated rings. The predicted molar refractivity (Wildman–Crippen MR) is 52.2 cm³/mol. The van der Waals surface area contributed by atoms with Crippen molar-refractivity contribution in [2.24, 2.45) is 11.3 Å². The van der Waals surface area contributed by atoms with Crippen molar-refractivity contribution >= 4 is 0 Å². The predicted octanol–water partition coefficient (Wildman–Crippen LogP) is 2.57. The summed E-state index contributed by atoms with van der Waals surface area (Å²) in [4.78, 5) is 0. The summed E-state index contributed by atoms with van der Waals surface area (Å²) in [5.74, 6) is 1.08. The minimum absolute atomic E-state index is 0.754. The van der Waals surface area contributed by atoms with Crippen LogP contribution in [-0.4, -0.2) is 13.6 Å². The average Bonchev–Trinajstić information content (AvgIpc) is 2.63. The molecule has 2 rings (SSSR count). The van der Waals surface area contributed by atoms with Crippen LogP contribution < -0.4 is 5.32 Å². The Hall–Kier alpha value is -0.0400. The van der Waals surface area contributed by atoms with E-state index in [4.69, 9.17) is 0 Å². The third-order valence-electron chi connectivity index (χ3n) is 3.71. The lowest BCUT2D eigenvalue weighted by Crippen LogP contribution is -2.21.